The van der Waals surface area contributed by atoms with Gasteiger partial charge in [-0.15, -0.1) is 0 Å². The van der Waals surface area contributed by atoms with E-state index in [1.165, 1.54) is 12.1 Å². The lowest BCUT2D eigenvalue weighted by atomic mass is 9.92. The molecule has 2 aromatic rings. The number of rotatable bonds is 5. The number of aryl methyl sites for hydroxylation is 1. The van der Waals surface area contributed by atoms with Crippen LogP contribution in [-0.2, 0) is 4.79 Å². The van der Waals surface area contributed by atoms with Gasteiger partial charge in [-0.1, -0.05) is 6.07 Å². The molecule has 1 N–H and O–H groups in total. The molecule has 3 rings (SSSR count). The van der Waals surface area contributed by atoms with Gasteiger partial charge in [0.05, 0.1) is 24.8 Å². The Labute approximate surface area is 152 Å². The van der Waals surface area contributed by atoms with Crippen LogP contribution in [0.5, 0.6) is 5.75 Å². The zero-order valence-electron chi connectivity index (χ0n) is 15.0. The standard InChI is InChI=1S/C20H23FN2O3/c1-13-3-5-17(22-12-13)19(16-11-15(21)4-6-18(16)26-2)23-9-7-14(8-10-23)20(24)25/h3-6,11-12,14,19H,7-10H2,1-2H3,(H,24,25). The van der Waals surface area contributed by atoms with Gasteiger partial charge in [0, 0.05) is 11.8 Å². The third-order valence-corrected chi connectivity index (χ3v) is 4.94. The fourth-order valence-corrected chi connectivity index (χ4v) is 3.51. The van der Waals surface area contributed by atoms with Gasteiger partial charge < -0.3 is 9.84 Å². The van der Waals surface area contributed by atoms with Crippen molar-refractivity contribution in [2.45, 2.75) is 25.8 Å². The monoisotopic (exact) mass is 358 g/mol. The van der Waals surface area contributed by atoms with E-state index in [1.54, 1.807) is 19.4 Å². The van der Waals surface area contributed by atoms with E-state index in [0.29, 0.717) is 37.2 Å². The van der Waals surface area contributed by atoms with Crippen molar-refractivity contribution in [2.24, 2.45) is 5.92 Å². The van der Waals surface area contributed by atoms with Crippen molar-refractivity contribution in [1.82, 2.24) is 9.88 Å². The molecule has 6 heteroatoms. The highest BCUT2D eigenvalue weighted by molar-refractivity contribution is 5.70. The minimum atomic E-state index is -0.752. The van der Waals surface area contributed by atoms with Gasteiger partial charge in [-0.2, -0.15) is 0 Å². The minimum Gasteiger partial charge on any atom is -0.496 e. The van der Waals surface area contributed by atoms with Crippen LogP contribution in [-0.4, -0.2) is 41.2 Å². The second kappa shape index (κ2) is 7.83. The summed E-state index contributed by atoms with van der Waals surface area (Å²) in [5.41, 5.74) is 2.55. The molecule has 1 aromatic carbocycles. The normalized spacial score (nSPS) is 17.0. The Bertz CT molecular complexity index is 771. The summed E-state index contributed by atoms with van der Waals surface area (Å²) in [5, 5.41) is 9.25. The van der Waals surface area contributed by atoms with Crippen LogP contribution in [0.15, 0.2) is 36.5 Å². The molecule has 0 aliphatic carbocycles. The number of hydrogen-bond donors (Lipinski definition) is 1. The van der Waals surface area contributed by atoms with Crippen molar-refractivity contribution in [1.29, 1.82) is 0 Å². The van der Waals surface area contributed by atoms with E-state index >= 15 is 0 Å². The van der Waals surface area contributed by atoms with E-state index in [9.17, 15) is 14.3 Å². The van der Waals surface area contributed by atoms with Crippen molar-refractivity contribution < 1.29 is 19.0 Å². The average Bonchev–Trinajstić information content (AvgIpc) is 2.64. The first-order valence-electron chi connectivity index (χ1n) is 8.72. The molecule has 1 saturated heterocycles. The van der Waals surface area contributed by atoms with Crippen molar-refractivity contribution in [2.75, 3.05) is 20.2 Å². The van der Waals surface area contributed by atoms with Gasteiger partial charge in [0.15, 0.2) is 0 Å². The number of hydrogen-bond acceptors (Lipinski definition) is 4. The molecule has 138 valence electrons. The van der Waals surface area contributed by atoms with Gasteiger partial charge >= 0.3 is 5.97 Å². The zero-order chi connectivity index (χ0) is 18.7. The Morgan fingerprint density at radius 1 is 1.31 bits per heavy atom. The predicted octanol–water partition coefficient (Wildman–Crippen LogP) is 3.42. The third-order valence-electron chi connectivity index (χ3n) is 4.94. The number of methoxy groups -OCH3 is 1. The number of benzene rings is 1. The summed E-state index contributed by atoms with van der Waals surface area (Å²) in [6.45, 7) is 3.18. The fourth-order valence-electron chi connectivity index (χ4n) is 3.51. The number of halogens is 1. The van der Waals surface area contributed by atoms with Crippen LogP contribution in [0.25, 0.3) is 0 Å². The molecule has 26 heavy (non-hydrogen) atoms. The first-order valence-corrected chi connectivity index (χ1v) is 8.72. The third kappa shape index (κ3) is 3.85. The number of carboxylic acid groups (broad SMARTS) is 1. The zero-order valence-corrected chi connectivity index (χ0v) is 15.0. The molecule has 1 atom stereocenters. The van der Waals surface area contributed by atoms with Crippen LogP contribution in [0.2, 0.25) is 0 Å². The van der Waals surface area contributed by atoms with E-state index < -0.39 is 5.97 Å². The molecule has 2 heterocycles. The second-order valence-corrected chi connectivity index (χ2v) is 6.70. The van der Waals surface area contributed by atoms with Crippen LogP contribution in [0.1, 0.15) is 35.7 Å². The number of carbonyl (C=O) groups is 1. The molecular weight excluding hydrogens is 335 g/mol. The average molecular weight is 358 g/mol. The van der Waals surface area contributed by atoms with Crippen LogP contribution >= 0.6 is 0 Å². The lowest BCUT2D eigenvalue weighted by molar-refractivity contribution is -0.143. The summed E-state index contributed by atoms with van der Waals surface area (Å²) in [6.07, 6.45) is 2.92. The maximum absolute atomic E-state index is 14.0. The first kappa shape index (κ1) is 18.3. The molecule has 1 aliphatic rings. The smallest absolute Gasteiger partial charge is 0.306 e. The predicted molar refractivity (Wildman–Crippen MR) is 95.7 cm³/mol. The summed E-state index contributed by atoms with van der Waals surface area (Å²) < 4.78 is 19.4. The summed E-state index contributed by atoms with van der Waals surface area (Å²) in [7, 11) is 1.56. The quantitative estimate of drug-likeness (QED) is 0.887. The number of carboxylic acids is 1. The summed E-state index contributed by atoms with van der Waals surface area (Å²) >= 11 is 0. The van der Waals surface area contributed by atoms with E-state index in [0.717, 1.165) is 11.3 Å². The van der Waals surface area contributed by atoms with Crippen molar-refractivity contribution in [3.8, 4) is 5.75 Å². The molecule has 0 radical (unpaired) electrons. The Morgan fingerprint density at radius 3 is 2.62 bits per heavy atom. The first-order chi connectivity index (χ1) is 12.5. The number of nitrogens with zero attached hydrogens (tertiary/aromatic N) is 2. The van der Waals surface area contributed by atoms with E-state index in [-0.39, 0.29) is 17.8 Å². The highest BCUT2D eigenvalue weighted by Gasteiger charge is 2.32. The van der Waals surface area contributed by atoms with Crippen molar-refractivity contribution >= 4 is 5.97 Å². The van der Waals surface area contributed by atoms with Crippen LogP contribution in [0, 0.1) is 18.7 Å². The van der Waals surface area contributed by atoms with E-state index in [1.807, 2.05) is 19.1 Å². The van der Waals surface area contributed by atoms with Crippen molar-refractivity contribution in [3.63, 3.8) is 0 Å². The lowest BCUT2D eigenvalue weighted by Crippen LogP contribution is -2.39. The van der Waals surface area contributed by atoms with Gasteiger partial charge in [0.1, 0.15) is 11.6 Å². The van der Waals surface area contributed by atoms with Gasteiger partial charge in [-0.05, 0) is 62.7 Å². The number of likely N-dealkylation sites (tertiary alicyclic amines) is 1. The number of pyridine rings is 1. The van der Waals surface area contributed by atoms with Crippen LogP contribution in [0.3, 0.4) is 0 Å². The minimum absolute atomic E-state index is 0.281. The van der Waals surface area contributed by atoms with Gasteiger partial charge in [0.2, 0.25) is 0 Å². The number of aromatic nitrogens is 1. The highest BCUT2D eigenvalue weighted by Crippen LogP contribution is 2.36. The maximum Gasteiger partial charge on any atom is 0.306 e. The number of piperidine rings is 1. The lowest BCUT2D eigenvalue weighted by Gasteiger charge is -2.37. The van der Waals surface area contributed by atoms with Crippen LogP contribution in [0.4, 0.5) is 4.39 Å². The molecule has 1 unspecified atom stereocenters. The maximum atomic E-state index is 14.0. The molecule has 0 amide bonds. The Balaban J connectivity index is 1.99. The number of ether oxygens (including phenoxy) is 1. The largest absolute Gasteiger partial charge is 0.496 e. The second-order valence-electron chi connectivity index (χ2n) is 6.70. The molecule has 1 aromatic heterocycles. The molecular formula is C20H23FN2O3. The van der Waals surface area contributed by atoms with Crippen molar-refractivity contribution in [3.05, 3.63) is 59.2 Å². The number of aliphatic carboxylic acids is 1. The Morgan fingerprint density at radius 2 is 2.04 bits per heavy atom. The molecule has 1 aliphatic heterocycles. The molecule has 0 saturated carbocycles. The fraction of sp³-hybridized carbons (Fsp3) is 0.400. The van der Waals surface area contributed by atoms with Gasteiger partial charge in [-0.3, -0.25) is 14.7 Å². The van der Waals surface area contributed by atoms with Gasteiger partial charge in [0.25, 0.3) is 0 Å². The topological polar surface area (TPSA) is 62.7 Å². The summed E-state index contributed by atoms with van der Waals surface area (Å²) in [4.78, 5) is 18.0. The summed E-state index contributed by atoms with van der Waals surface area (Å²) in [5.74, 6) is -0.817. The molecule has 0 spiro atoms. The SMILES string of the molecule is COc1ccc(F)cc1C(c1ccc(C)cn1)N1CCC(C(=O)O)CC1. The Hall–Kier alpha value is -2.47. The highest BCUT2D eigenvalue weighted by atomic mass is 19.1. The Kier molecular flexibility index (Phi) is 5.52. The molecule has 1 fully saturated rings. The molecule has 0 bridgehead atoms. The van der Waals surface area contributed by atoms with E-state index in [4.69, 9.17) is 4.74 Å². The van der Waals surface area contributed by atoms with Crippen LogP contribution < -0.4 is 4.74 Å². The molecule has 5 nitrogen and oxygen atoms in total. The van der Waals surface area contributed by atoms with Gasteiger partial charge in [-0.25, -0.2) is 4.39 Å². The van der Waals surface area contributed by atoms with E-state index in [2.05, 4.69) is 9.88 Å². The summed E-state index contributed by atoms with van der Waals surface area (Å²) in [6, 6.07) is 8.11.